The molecule has 1 aromatic rings. The van der Waals surface area contributed by atoms with Crippen molar-refractivity contribution in [2.75, 3.05) is 13.6 Å². The minimum absolute atomic E-state index is 0.0720. The molecule has 0 heterocycles. The van der Waals surface area contributed by atoms with Crippen LogP contribution in [-0.2, 0) is 15.8 Å². The van der Waals surface area contributed by atoms with Crippen molar-refractivity contribution in [2.24, 2.45) is 0 Å². The molecule has 1 aromatic carbocycles. The lowest BCUT2D eigenvalue weighted by Crippen LogP contribution is -2.37. The highest BCUT2D eigenvalue weighted by molar-refractivity contribution is 7.88. The lowest BCUT2D eigenvalue weighted by atomic mass is 10.2. The number of likely N-dealkylation sites (N-methyl/N-ethyl adjacent to an activating group) is 1. The molecule has 102 valence electrons. The molecule has 0 radical (unpaired) electrons. The summed E-state index contributed by atoms with van der Waals surface area (Å²) < 4.78 is 26.2. The fourth-order valence-electron chi connectivity index (χ4n) is 1.32. The first-order chi connectivity index (χ1) is 8.32. The molecule has 0 bridgehead atoms. The Hall–Kier alpha value is -0.330. The lowest BCUT2D eigenvalue weighted by Gasteiger charge is -2.12. The molecule has 2 N–H and O–H groups in total. The molecule has 0 fully saturated rings. The Morgan fingerprint density at radius 2 is 1.78 bits per heavy atom. The normalized spacial score (nSPS) is 13.6. The summed E-state index contributed by atoms with van der Waals surface area (Å²) in [6.45, 7) is 2.23. The number of sulfonamides is 1. The average Bonchev–Trinajstić information content (AvgIpc) is 2.23. The van der Waals surface area contributed by atoms with Crippen molar-refractivity contribution in [3.8, 4) is 0 Å². The van der Waals surface area contributed by atoms with Crippen molar-refractivity contribution in [1.29, 1.82) is 0 Å². The smallest absolute Gasteiger partial charge is 0.215 e. The SMILES string of the molecule is CNC(C)CNS(=O)(=O)Cc1cc(Cl)cc(Cl)c1. The monoisotopic (exact) mass is 310 g/mol. The molecule has 18 heavy (non-hydrogen) atoms. The van der Waals surface area contributed by atoms with Crippen LogP contribution in [0.1, 0.15) is 12.5 Å². The van der Waals surface area contributed by atoms with Gasteiger partial charge in [0.1, 0.15) is 0 Å². The molecule has 0 aromatic heterocycles. The van der Waals surface area contributed by atoms with E-state index in [0.717, 1.165) is 0 Å². The summed E-state index contributed by atoms with van der Waals surface area (Å²) in [7, 11) is -1.61. The van der Waals surface area contributed by atoms with Crippen LogP contribution in [0.2, 0.25) is 10.0 Å². The van der Waals surface area contributed by atoms with Gasteiger partial charge in [-0.25, -0.2) is 13.1 Å². The van der Waals surface area contributed by atoms with Gasteiger partial charge in [-0.05, 0) is 37.7 Å². The summed E-state index contributed by atoms with van der Waals surface area (Å²) >= 11 is 11.6. The van der Waals surface area contributed by atoms with Crippen molar-refractivity contribution in [3.63, 3.8) is 0 Å². The summed E-state index contributed by atoms with van der Waals surface area (Å²) in [4.78, 5) is 0. The Balaban J connectivity index is 2.70. The van der Waals surface area contributed by atoms with Crippen LogP contribution in [0.25, 0.3) is 0 Å². The van der Waals surface area contributed by atoms with Gasteiger partial charge < -0.3 is 5.32 Å². The number of benzene rings is 1. The highest BCUT2D eigenvalue weighted by Gasteiger charge is 2.13. The van der Waals surface area contributed by atoms with Crippen molar-refractivity contribution in [2.45, 2.75) is 18.7 Å². The van der Waals surface area contributed by atoms with Crippen LogP contribution in [0.3, 0.4) is 0 Å². The zero-order chi connectivity index (χ0) is 13.8. The van der Waals surface area contributed by atoms with Crippen LogP contribution in [0, 0.1) is 0 Å². The molecule has 0 amide bonds. The van der Waals surface area contributed by atoms with Crippen LogP contribution in [0.15, 0.2) is 18.2 Å². The summed E-state index contributed by atoms with van der Waals surface area (Å²) in [5.74, 6) is -0.135. The number of halogens is 2. The summed E-state index contributed by atoms with van der Waals surface area (Å²) in [5, 5.41) is 3.80. The molecule has 1 rings (SSSR count). The summed E-state index contributed by atoms with van der Waals surface area (Å²) in [6, 6.07) is 4.82. The van der Waals surface area contributed by atoms with Gasteiger partial charge in [0.25, 0.3) is 0 Å². The summed E-state index contributed by atoms with van der Waals surface area (Å²) in [5.41, 5.74) is 0.567. The Bertz CT molecular complexity index is 486. The zero-order valence-corrected chi connectivity index (χ0v) is 12.5. The van der Waals surface area contributed by atoms with Crippen molar-refractivity contribution < 1.29 is 8.42 Å². The molecule has 0 saturated carbocycles. The van der Waals surface area contributed by atoms with Crippen LogP contribution < -0.4 is 10.0 Å². The van der Waals surface area contributed by atoms with E-state index >= 15 is 0 Å². The van der Waals surface area contributed by atoms with E-state index in [1.807, 2.05) is 6.92 Å². The molecule has 1 unspecified atom stereocenters. The van der Waals surface area contributed by atoms with E-state index in [2.05, 4.69) is 10.0 Å². The van der Waals surface area contributed by atoms with Crippen LogP contribution in [-0.4, -0.2) is 28.1 Å². The van der Waals surface area contributed by atoms with Crippen molar-refractivity contribution in [3.05, 3.63) is 33.8 Å². The van der Waals surface area contributed by atoms with Gasteiger partial charge in [-0.2, -0.15) is 0 Å². The second-order valence-electron chi connectivity index (χ2n) is 4.07. The third kappa shape index (κ3) is 5.54. The van der Waals surface area contributed by atoms with Gasteiger partial charge in [0.2, 0.25) is 10.0 Å². The minimum atomic E-state index is -3.38. The molecule has 1 atom stereocenters. The largest absolute Gasteiger partial charge is 0.316 e. The predicted octanol–water partition coefficient (Wildman–Crippen LogP) is 2.02. The van der Waals surface area contributed by atoms with E-state index in [-0.39, 0.29) is 11.8 Å². The Labute approximate surface area is 118 Å². The predicted molar refractivity (Wildman–Crippen MR) is 75.6 cm³/mol. The van der Waals surface area contributed by atoms with E-state index in [0.29, 0.717) is 22.2 Å². The number of rotatable bonds is 6. The molecular weight excluding hydrogens is 295 g/mol. The van der Waals surface area contributed by atoms with Gasteiger partial charge in [0.15, 0.2) is 0 Å². The molecule has 0 aliphatic rings. The van der Waals surface area contributed by atoms with E-state index in [1.54, 1.807) is 25.2 Å². The maximum atomic E-state index is 11.8. The Morgan fingerprint density at radius 3 is 2.28 bits per heavy atom. The molecule has 0 spiro atoms. The molecule has 0 saturated heterocycles. The van der Waals surface area contributed by atoms with Crippen LogP contribution >= 0.6 is 23.2 Å². The standard InChI is InChI=1S/C11H16Cl2N2O2S/c1-8(14-2)6-15-18(16,17)7-9-3-10(12)5-11(13)4-9/h3-5,8,14-15H,6-7H2,1-2H3. The number of hydrogen-bond acceptors (Lipinski definition) is 3. The first-order valence-electron chi connectivity index (χ1n) is 5.42. The minimum Gasteiger partial charge on any atom is -0.316 e. The van der Waals surface area contributed by atoms with Crippen molar-refractivity contribution in [1.82, 2.24) is 10.0 Å². The quantitative estimate of drug-likeness (QED) is 0.845. The molecule has 4 nitrogen and oxygen atoms in total. The second kappa shape index (κ2) is 6.73. The first-order valence-corrected chi connectivity index (χ1v) is 7.83. The number of nitrogens with one attached hydrogen (secondary N) is 2. The summed E-state index contributed by atoms with van der Waals surface area (Å²) in [6.07, 6.45) is 0. The first kappa shape index (κ1) is 15.7. The average molecular weight is 311 g/mol. The zero-order valence-electron chi connectivity index (χ0n) is 10.2. The topological polar surface area (TPSA) is 58.2 Å². The highest BCUT2D eigenvalue weighted by Crippen LogP contribution is 2.20. The second-order valence-corrected chi connectivity index (χ2v) is 6.75. The fraction of sp³-hybridized carbons (Fsp3) is 0.455. The van der Waals surface area contributed by atoms with E-state index in [9.17, 15) is 8.42 Å². The maximum Gasteiger partial charge on any atom is 0.215 e. The third-order valence-corrected chi connectivity index (χ3v) is 4.14. The van der Waals surface area contributed by atoms with E-state index < -0.39 is 10.0 Å². The molecule has 0 aliphatic carbocycles. The highest BCUT2D eigenvalue weighted by atomic mass is 35.5. The van der Waals surface area contributed by atoms with Crippen LogP contribution in [0.5, 0.6) is 0 Å². The van der Waals surface area contributed by atoms with Crippen molar-refractivity contribution >= 4 is 33.2 Å². The Kier molecular flexibility index (Phi) is 5.88. The van der Waals surface area contributed by atoms with Gasteiger partial charge >= 0.3 is 0 Å². The lowest BCUT2D eigenvalue weighted by molar-refractivity contribution is 0.553. The molecule has 0 aliphatic heterocycles. The Morgan fingerprint density at radius 1 is 1.22 bits per heavy atom. The molecular formula is C11H16Cl2N2O2S. The van der Waals surface area contributed by atoms with Gasteiger partial charge in [-0.15, -0.1) is 0 Å². The van der Waals surface area contributed by atoms with Gasteiger partial charge in [-0.3, -0.25) is 0 Å². The van der Waals surface area contributed by atoms with E-state index in [1.165, 1.54) is 0 Å². The van der Waals surface area contributed by atoms with Crippen LogP contribution in [0.4, 0.5) is 0 Å². The fourth-order valence-corrected chi connectivity index (χ4v) is 3.10. The maximum absolute atomic E-state index is 11.8. The van der Waals surface area contributed by atoms with E-state index in [4.69, 9.17) is 23.2 Å². The number of hydrogen-bond donors (Lipinski definition) is 2. The van der Waals surface area contributed by atoms with Gasteiger partial charge in [0, 0.05) is 22.6 Å². The van der Waals surface area contributed by atoms with Gasteiger partial charge in [0.05, 0.1) is 5.75 Å². The van der Waals surface area contributed by atoms with Gasteiger partial charge in [-0.1, -0.05) is 23.2 Å². The molecule has 7 heteroatoms. The third-order valence-electron chi connectivity index (χ3n) is 2.38.